The molecule has 0 aliphatic heterocycles. The zero-order valence-electron chi connectivity index (χ0n) is 31.0. The fourth-order valence-corrected chi connectivity index (χ4v) is 9.73. The molecule has 2 aliphatic rings. The van der Waals surface area contributed by atoms with Gasteiger partial charge in [-0.3, -0.25) is 19.6 Å². The van der Waals surface area contributed by atoms with Crippen LogP contribution < -0.4 is 0 Å². The molecule has 58 heavy (non-hydrogen) atoms. The van der Waals surface area contributed by atoms with Crippen LogP contribution in [0.3, 0.4) is 0 Å². The van der Waals surface area contributed by atoms with Gasteiger partial charge >= 0.3 is 24.3 Å². The summed E-state index contributed by atoms with van der Waals surface area (Å²) in [6, 6.07) is 24.9. The topological polar surface area (TPSA) is 89.4 Å². The van der Waals surface area contributed by atoms with Crippen molar-refractivity contribution < 1.29 is 45.8 Å². The lowest BCUT2D eigenvalue weighted by atomic mass is 9.84. The summed E-state index contributed by atoms with van der Waals surface area (Å²) in [5.74, 6) is -1.00. The Labute approximate surface area is 338 Å². The first-order valence-corrected chi connectivity index (χ1v) is 20.2. The van der Waals surface area contributed by atoms with Gasteiger partial charge in [-0.25, -0.2) is 0 Å². The quantitative estimate of drug-likeness (QED) is 0.114. The number of hydrogen-bond acceptors (Lipinski definition) is 7. The first kappa shape index (κ1) is 41.1. The van der Waals surface area contributed by atoms with Crippen molar-refractivity contribution in [1.29, 1.82) is 0 Å². The van der Waals surface area contributed by atoms with Crippen LogP contribution in [0.4, 0.5) is 26.3 Å². The lowest BCUT2D eigenvalue weighted by molar-refractivity contribution is -0.148. The zero-order valence-corrected chi connectivity index (χ0v) is 32.6. The maximum Gasteiger partial charge on any atom is 0.416 e. The number of esters is 1. The normalized spacial score (nSPS) is 15.8. The molecule has 14 heteroatoms. The van der Waals surface area contributed by atoms with Crippen LogP contribution in [-0.2, 0) is 26.7 Å². The van der Waals surface area contributed by atoms with Crippen molar-refractivity contribution in [3.05, 3.63) is 121 Å². The standard InChI is InChI=1S/C23H20F3NO2S.C21H16F3NO2S/c1-2-29-21(28)22(11-3-12-22)30-20-10-13-27-19-9-6-16(14-18(19)20)15-4-7-17(8-5-15)23(24,25)26;22-21(23,24)15-5-2-13(3-6-15)14-4-7-17-16(12-14)18(8-11-25-17)28-20(19(26)27)9-1-10-20/h4-10,13-14H,2-3,11-12H2,1H3;2-8,11-12H,1,9-10H2,(H,26,27). The van der Waals surface area contributed by atoms with Crippen molar-refractivity contribution >= 4 is 57.3 Å². The number of benzene rings is 4. The second kappa shape index (κ2) is 16.3. The van der Waals surface area contributed by atoms with E-state index in [1.165, 1.54) is 47.8 Å². The third-order valence-electron chi connectivity index (χ3n) is 10.5. The molecule has 0 saturated heterocycles. The Hall–Kier alpha value is -5.08. The van der Waals surface area contributed by atoms with Crippen molar-refractivity contribution in [3.8, 4) is 22.3 Å². The van der Waals surface area contributed by atoms with Crippen molar-refractivity contribution in [3.63, 3.8) is 0 Å². The average Bonchev–Trinajstić information content (AvgIpc) is 3.17. The number of carboxylic acid groups (broad SMARTS) is 1. The smallest absolute Gasteiger partial charge is 0.416 e. The van der Waals surface area contributed by atoms with Crippen LogP contribution in [0.1, 0.15) is 56.6 Å². The van der Waals surface area contributed by atoms with Gasteiger partial charge in [0.2, 0.25) is 0 Å². The Morgan fingerprint density at radius 3 is 1.36 bits per heavy atom. The molecule has 300 valence electrons. The molecule has 0 amide bonds. The molecular formula is C44H36F6N2O4S2. The molecule has 0 radical (unpaired) electrons. The van der Waals surface area contributed by atoms with E-state index in [0.717, 1.165) is 92.7 Å². The van der Waals surface area contributed by atoms with Gasteiger partial charge in [0, 0.05) is 33.0 Å². The summed E-state index contributed by atoms with van der Waals surface area (Å²) >= 11 is 2.84. The summed E-state index contributed by atoms with van der Waals surface area (Å²) in [5, 5.41) is 11.3. The Morgan fingerprint density at radius 1 is 0.621 bits per heavy atom. The Morgan fingerprint density at radius 2 is 1.02 bits per heavy atom. The van der Waals surface area contributed by atoms with E-state index in [2.05, 4.69) is 9.97 Å². The number of carbonyl (C=O) groups is 2. The van der Waals surface area contributed by atoms with Crippen LogP contribution in [0.2, 0.25) is 0 Å². The lowest BCUT2D eigenvalue weighted by Crippen LogP contribution is -2.43. The first-order valence-electron chi connectivity index (χ1n) is 18.5. The van der Waals surface area contributed by atoms with Crippen molar-refractivity contribution in [1.82, 2.24) is 9.97 Å². The van der Waals surface area contributed by atoms with E-state index in [9.17, 15) is 41.0 Å². The van der Waals surface area contributed by atoms with Crippen molar-refractivity contribution in [2.45, 2.75) is 77.1 Å². The molecule has 0 spiro atoms. The number of fused-ring (bicyclic) bond motifs is 2. The molecule has 6 nitrogen and oxygen atoms in total. The van der Waals surface area contributed by atoms with Gasteiger partial charge in [0.05, 0.1) is 28.8 Å². The van der Waals surface area contributed by atoms with Gasteiger partial charge in [-0.15, -0.1) is 23.5 Å². The molecule has 2 aromatic heterocycles. The van der Waals surface area contributed by atoms with Crippen LogP contribution in [0.25, 0.3) is 44.1 Å². The van der Waals surface area contributed by atoms with Crippen LogP contribution >= 0.6 is 23.5 Å². The van der Waals surface area contributed by atoms with Crippen LogP contribution in [0, 0.1) is 0 Å². The molecule has 4 aromatic carbocycles. The van der Waals surface area contributed by atoms with Gasteiger partial charge in [0.25, 0.3) is 0 Å². The highest BCUT2D eigenvalue weighted by atomic mass is 32.2. The van der Waals surface area contributed by atoms with Gasteiger partial charge in [-0.1, -0.05) is 36.4 Å². The van der Waals surface area contributed by atoms with Gasteiger partial charge in [-0.2, -0.15) is 26.3 Å². The molecule has 2 saturated carbocycles. The van der Waals surface area contributed by atoms with Crippen LogP contribution in [0.5, 0.6) is 0 Å². The zero-order chi connectivity index (χ0) is 41.3. The summed E-state index contributed by atoms with van der Waals surface area (Å²) in [7, 11) is 0. The minimum absolute atomic E-state index is 0.190. The fourth-order valence-electron chi connectivity index (χ4n) is 6.87. The van der Waals surface area contributed by atoms with Gasteiger partial charge in [0.1, 0.15) is 9.49 Å². The highest BCUT2D eigenvalue weighted by Crippen LogP contribution is 2.51. The average molecular weight is 835 g/mol. The minimum Gasteiger partial charge on any atom is -0.480 e. The third-order valence-corrected chi connectivity index (χ3v) is 13.6. The number of carboxylic acids is 1. The highest BCUT2D eigenvalue weighted by molar-refractivity contribution is 8.02. The van der Waals surface area contributed by atoms with E-state index < -0.39 is 38.9 Å². The number of nitrogens with zero attached hydrogens (tertiary/aromatic N) is 2. The summed E-state index contributed by atoms with van der Waals surface area (Å²) in [4.78, 5) is 34.7. The van der Waals surface area contributed by atoms with Crippen molar-refractivity contribution in [2.24, 2.45) is 0 Å². The number of alkyl halides is 6. The van der Waals surface area contributed by atoms with E-state index >= 15 is 0 Å². The number of ether oxygens (including phenoxy) is 1. The van der Waals surface area contributed by atoms with E-state index in [-0.39, 0.29) is 5.97 Å². The number of aromatic nitrogens is 2. The van der Waals surface area contributed by atoms with E-state index in [1.807, 2.05) is 36.4 Å². The van der Waals surface area contributed by atoms with Gasteiger partial charge in [0.15, 0.2) is 0 Å². The second-order valence-electron chi connectivity index (χ2n) is 14.2. The monoisotopic (exact) mass is 834 g/mol. The number of hydrogen-bond donors (Lipinski definition) is 1. The first-order chi connectivity index (χ1) is 27.6. The summed E-state index contributed by atoms with van der Waals surface area (Å²) in [5.41, 5.74) is 3.03. The number of pyridine rings is 2. The lowest BCUT2D eigenvalue weighted by Gasteiger charge is -2.38. The minimum atomic E-state index is -4.37. The summed E-state index contributed by atoms with van der Waals surface area (Å²) in [6.07, 6.45) is -0.743. The van der Waals surface area contributed by atoms with Gasteiger partial charge < -0.3 is 9.84 Å². The molecule has 0 atom stereocenters. The largest absolute Gasteiger partial charge is 0.480 e. The molecule has 2 heterocycles. The van der Waals surface area contributed by atoms with Crippen LogP contribution in [0.15, 0.2) is 119 Å². The fraction of sp³-hybridized carbons (Fsp3) is 0.273. The Kier molecular flexibility index (Phi) is 11.5. The maximum atomic E-state index is 12.9. The Bertz CT molecular complexity index is 2470. The highest BCUT2D eigenvalue weighted by Gasteiger charge is 2.47. The molecule has 0 bridgehead atoms. The third kappa shape index (κ3) is 8.54. The number of aliphatic carboxylic acids is 1. The molecule has 2 fully saturated rings. The molecular weight excluding hydrogens is 799 g/mol. The molecule has 2 aliphatic carbocycles. The predicted octanol–water partition coefficient (Wildman–Crippen LogP) is 12.5. The van der Waals surface area contributed by atoms with E-state index in [0.29, 0.717) is 30.6 Å². The molecule has 8 rings (SSSR count). The van der Waals surface area contributed by atoms with E-state index in [4.69, 9.17) is 4.74 Å². The number of rotatable bonds is 9. The van der Waals surface area contributed by atoms with Gasteiger partial charge in [-0.05, 0) is 128 Å². The van der Waals surface area contributed by atoms with Crippen LogP contribution in [-0.4, -0.2) is 43.1 Å². The SMILES string of the molecule is CCOC(=O)C1(Sc2ccnc3ccc(-c4ccc(C(F)(F)F)cc4)cc23)CCC1.O=C(O)C1(Sc2ccnc3ccc(-c4ccc(C(F)(F)F)cc4)cc23)CCC1. The maximum absolute atomic E-state index is 12.9. The summed E-state index contributed by atoms with van der Waals surface area (Å²) < 4.78 is 80.8. The van der Waals surface area contributed by atoms with E-state index in [1.54, 1.807) is 31.5 Å². The number of carbonyl (C=O) groups excluding carboxylic acids is 1. The number of halogens is 6. The molecule has 0 unspecified atom stereocenters. The summed E-state index contributed by atoms with van der Waals surface area (Å²) in [6.45, 7) is 2.14. The predicted molar refractivity (Wildman–Crippen MR) is 214 cm³/mol. The molecule has 6 aromatic rings. The Balaban J connectivity index is 0.000000177. The second-order valence-corrected chi connectivity index (χ2v) is 17.0. The number of thioether (sulfide) groups is 2. The van der Waals surface area contributed by atoms with Crippen molar-refractivity contribution in [2.75, 3.05) is 6.61 Å². The molecule has 1 N–H and O–H groups in total.